The molecule has 0 heterocycles. The van der Waals surface area contributed by atoms with E-state index in [4.69, 9.17) is 12.2 Å². The van der Waals surface area contributed by atoms with Gasteiger partial charge >= 0.3 is 0 Å². The summed E-state index contributed by atoms with van der Waals surface area (Å²) in [7, 11) is 0. The summed E-state index contributed by atoms with van der Waals surface area (Å²) >= 11 is 5.15. The van der Waals surface area contributed by atoms with Crippen molar-refractivity contribution in [3.8, 4) is 0 Å². The van der Waals surface area contributed by atoms with Gasteiger partial charge in [-0.05, 0) is 46.3 Å². The van der Waals surface area contributed by atoms with Gasteiger partial charge in [-0.1, -0.05) is 76.2 Å². The molecule has 0 aliphatic carbocycles. The molecule has 0 saturated heterocycles. The first-order valence-electron chi connectivity index (χ1n) is 8.77. The normalized spacial score (nSPS) is 11.6. The minimum atomic E-state index is 0.343. The zero-order valence-corrected chi connectivity index (χ0v) is 16.5. The Morgan fingerprint density at radius 1 is 0.731 bits per heavy atom. The standard InChI is InChI=1S/C21H26N4S/c1-15(2)19-9-5-17(6-10-19)13-22-24-21(26)25-23-14-18-7-11-20(12-8-18)16(3)4/h5-16H,1-4H3,(H2,24,25,26)/b22-13+,23-14+. The van der Waals surface area contributed by atoms with Gasteiger partial charge in [-0.3, -0.25) is 10.9 Å². The lowest BCUT2D eigenvalue weighted by atomic mass is 10.0. The second-order valence-electron chi connectivity index (χ2n) is 6.71. The molecule has 2 N–H and O–H groups in total. The largest absolute Gasteiger partial charge is 0.252 e. The van der Waals surface area contributed by atoms with Crippen molar-refractivity contribution in [2.45, 2.75) is 39.5 Å². The van der Waals surface area contributed by atoms with E-state index in [1.54, 1.807) is 12.4 Å². The van der Waals surface area contributed by atoms with Crippen molar-refractivity contribution in [3.05, 3.63) is 70.8 Å². The molecule has 0 radical (unpaired) electrons. The highest BCUT2D eigenvalue weighted by molar-refractivity contribution is 7.80. The predicted octanol–water partition coefficient (Wildman–Crippen LogP) is 4.77. The highest BCUT2D eigenvalue weighted by Crippen LogP contribution is 2.14. The van der Waals surface area contributed by atoms with Crippen LogP contribution >= 0.6 is 12.2 Å². The van der Waals surface area contributed by atoms with Crippen molar-refractivity contribution < 1.29 is 0 Å². The monoisotopic (exact) mass is 366 g/mol. The van der Waals surface area contributed by atoms with E-state index in [0.29, 0.717) is 16.9 Å². The molecule has 0 aliphatic rings. The summed E-state index contributed by atoms with van der Waals surface area (Å²) in [4.78, 5) is 0. The maximum Gasteiger partial charge on any atom is 0.207 e. The number of benzene rings is 2. The molecule has 0 amide bonds. The molecule has 0 spiro atoms. The summed E-state index contributed by atoms with van der Waals surface area (Å²) in [5.74, 6) is 1.05. The van der Waals surface area contributed by atoms with E-state index in [1.165, 1.54) is 11.1 Å². The van der Waals surface area contributed by atoms with Gasteiger partial charge in [0.2, 0.25) is 5.11 Å². The maximum atomic E-state index is 5.15. The fourth-order valence-electron chi connectivity index (χ4n) is 2.29. The average molecular weight is 367 g/mol. The van der Waals surface area contributed by atoms with E-state index in [-0.39, 0.29) is 0 Å². The first-order valence-corrected chi connectivity index (χ1v) is 9.18. The Morgan fingerprint density at radius 2 is 1.08 bits per heavy atom. The van der Waals surface area contributed by atoms with Gasteiger partial charge in [-0.15, -0.1) is 0 Å². The lowest BCUT2D eigenvalue weighted by Gasteiger charge is -2.05. The van der Waals surface area contributed by atoms with Gasteiger partial charge in [0, 0.05) is 0 Å². The third kappa shape index (κ3) is 6.41. The zero-order valence-electron chi connectivity index (χ0n) is 15.7. The lowest BCUT2D eigenvalue weighted by molar-refractivity contribution is 0.866. The van der Waals surface area contributed by atoms with Crippen molar-refractivity contribution in [3.63, 3.8) is 0 Å². The number of hydrogen-bond acceptors (Lipinski definition) is 3. The first kappa shape index (κ1) is 19.8. The molecule has 0 bridgehead atoms. The molecule has 2 aromatic rings. The number of nitrogens with zero attached hydrogens (tertiary/aromatic N) is 2. The van der Waals surface area contributed by atoms with Crippen LogP contribution in [0, 0.1) is 0 Å². The third-order valence-corrected chi connectivity index (χ3v) is 4.15. The van der Waals surface area contributed by atoms with Crippen LogP contribution in [0.3, 0.4) is 0 Å². The highest BCUT2D eigenvalue weighted by Gasteiger charge is 1.98. The van der Waals surface area contributed by atoms with Crippen LogP contribution in [0.25, 0.3) is 0 Å². The van der Waals surface area contributed by atoms with Gasteiger partial charge in [0.1, 0.15) is 0 Å². The number of thiocarbonyl (C=S) groups is 1. The molecular formula is C21H26N4S. The Morgan fingerprint density at radius 3 is 1.38 bits per heavy atom. The van der Waals surface area contributed by atoms with Crippen molar-refractivity contribution in [1.82, 2.24) is 10.9 Å². The Balaban J connectivity index is 1.79. The number of nitrogens with one attached hydrogen (secondary N) is 2. The highest BCUT2D eigenvalue weighted by atomic mass is 32.1. The molecule has 0 atom stereocenters. The van der Waals surface area contributed by atoms with Gasteiger partial charge in [-0.25, -0.2) is 0 Å². The lowest BCUT2D eigenvalue weighted by Crippen LogP contribution is -2.28. The van der Waals surface area contributed by atoms with Gasteiger partial charge in [0.15, 0.2) is 0 Å². The summed E-state index contributed by atoms with van der Waals surface area (Å²) in [5.41, 5.74) is 10.2. The zero-order chi connectivity index (χ0) is 18.9. The van der Waals surface area contributed by atoms with Crippen molar-refractivity contribution in [1.29, 1.82) is 0 Å². The summed E-state index contributed by atoms with van der Waals surface area (Å²) in [6, 6.07) is 16.6. The van der Waals surface area contributed by atoms with E-state index >= 15 is 0 Å². The van der Waals surface area contributed by atoms with Crippen molar-refractivity contribution in [2.75, 3.05) is 0 Å². The second-order valence-corrected chi connectivity index (χ2v) is 7.12. The molecule has 5 heteroatoms. The molecule has 136 valence electrons. The smallest absolute Gasteiger partial charge is 0.207 e. The van der Waals surface area contributed by atoms with Crippen LogP contribution in [-0.2, 0) is 0 Å². The Bertz CT molecular complexity index is 694. The molecule has 0 saturated carbocycles. The Hall–Kier alpha value is -2.53. The maximum absolute atomic E-state index is 5.15. The predicted molar refractivity (Wildman–Crippen MR) is 115 cm³/mol. The van der Waals surface area contributed by atoms with Crippen molar-refractivity contribution >= 4 is 29.8 Å². The Labute approximate surface area is 161 Å². The average Bonchev–Trinajstić information content (AvgIpc) is 2.62. The van der Waals surface area contributed by atoms with E-state index in [9.17, 15) is 0 Å². The SMILES string of the molecule is CC(C)c1ccc(/C=N/NC(=S)N/N=C/c2ccc(C(C)C)cc2)cc1. The fraction of sp³-hybridized carbons (Fsp3) is 0.286. The van der Waals surface area contributed by atoms with Crippen LogP contribution in [0.5, 0.6) is 0 Å². The quantitative estimate of drug-likeness (QED) is 0.440. The minimum Gasteiger partial charge on any atom is -0.252 e. The van der Waals surface area contributed by atoms with E-state index in [1.807, 2.05) is 24.3 Å². The van der Waals surface area contributed by atoms with E-state index < -0.39 is 0 Å². The van der Waals surface area contributed by atoms with Crippen LogP contribution in [0.4, 0.5) is 0 Å². The van der Waals surface area contributed by atoms with Crippen LogP contribution in [-0.4, -0.2) is 17.5 Å². The topological polar surface area (TPSA) is 48.8 Å². The molecule has 4 nitrogen and oxygen atoms in total. The van der Waals surface area contributed by atoms with Gasteiger partial charge < -0.3 is 0 Å². The molecule has 0 aromatic heterocycles. The Kier molecular flexibility index (Phi) is 7.48. The molecule has 0 aliphatic heterocycles. The number of hydrogen-bond donors (Lipinski definition) is 2. The van der Waals surface area contributed by atoms with Crippen LogP contribution in [0.2, 0.25) is 0 Å². The van der Waals surface area contributed by atoms with E-state index in [0.717, 1.165) is 11.1 Å². The van der Waals surface area contributed by atoms with Crippen molar-refractivity contribution in [2.24, 2.45) is 10.2 Å². The molecule has 2 aromatic carbocycles. The number of rotatable bonds is 6. The van der Waals surface area contributed by atoms with Gasteiger partial charge in [-0.2, -0.15) is 10.2 Å². The van der Waals surface area contributed by atoms with Crippen LogP contribution in [0.1, 0.15) is 61.8 Å². The minimum absolute atomic E-state index is 0.343. The molecule has 0 fully saturated rings. The molecule has 2 rings (SSSR count). The van der Waals surface area contributed by atoms with Gasteiger partial charge in [0.25, 0.3) is 0 Å². The molecule has 0 unspecified atom stereocenters. The van der Waals surface area contributed by atoms with Crippen LogP contribution in [0.15, 0.2) is 58.7 Å². The van der Waals surface area contributed by atoms with Gasteiger partial charge in [0.05, 0.1) is 12.4 Å². The summed E-state index contributed by atoms with van der Waals surface area (Å²) in [6.07, 6.45) is 3.46. The number of hydrazone groups is 2. The summed E-state index contributed by atoms with van der Waals surface area (Å²) in [6.45, 7) is 8.70. The second kappa shape index (κ2) is 9.82. The molecular weight excluding hydrogens is 340 g/mol. The van der Waals surface area contributed by atoms with Crippen LogP contribution < -0.4 is 10.9 Å². The first-order chi connectivity index (χ1) is 12.5. The third-order valence-electron chi connectivity index (χ3n) is 3.97. The summed E-state index contributed by atoms with van der Waals surface area (Å²) < 4.78 is 0. The summed E-state index contributed by atoms with van der Waals surface area (Å²) in [5, 5.41) is 8.58. The fourth-order valence-corrected chi connectivity index (χ4v) is 2.40. The van der Waals surface area contributed by atoms with E-state index in [2.05, 4.69) is 73.0 Å². The molecule has 26 heavy (non-hydrogen) atoms.